The van der Waals surface area contributed by atoms with Gasteiger partial charge in [0.2, 0.25) is 11.1 Å². The van der Waals surface area contributed by atoms with E-state index < -0.39 is 0 Å². The Kier molecular flexibility index (Phi) is 5.15. The lowest BCUT2D eigenvalue weighted by Gasteiger charge is -2.15. The topological polar surface area (TPSA) is 70.7 Å². The first-order valence-electron chi connectivity index (χ1n) is 7.61. The van der Waals surface area contributed by atoms with Gasteiger partial charge in [-0.25, -0.2) is 4.98 Å². The molecule has 0 saturated heterocycles. The average molecular weight is 336 g/mol. The van der Waals surface area contributed by atoms with E-state index in [-0.39, 0.29) is 11.2 Å². The van der Waals surface area contributed by atoms with Gasteiger partial charge in [-0.1, -0.05) is 30.7 Å². The molecular weight excluding hydrogens is 316 g/mol. The lowest BCUT2D eigenvalue weighted by molar-refractivity contribution is -0.120. The van der Waals surface area contributed by atoms with Gasteiger partial charge in [-0.15, -0.1) is 16.4 Å². The quantitative estimate of drug-likeness (QED) is 0.796. The fourth-order valence-electron chi connectivity index (χ4n) is 2.59. The molecule has 7 heteroatoms. The van der Waals surface area contributed by atoms with E-state index in [2.05, 4.69) is 31.9 Å². The summed E-state index contributed by atoms with van der Waals surface area (Å²) >= 11 is 3.11. The molecule has 1 amide bonds. The molecule has 118 valence electrons. The van der Waals surface area contributed by atoms with Gasteiger partial charge in [0.25, 0.3) is 0 Å². The Bertz CT molecular complexity index is 605. The Morgan fingerprint density at radius 1 is 1.55 bits per heavy atom. The number of hydrogen-bond donors (Lipinski definition) is 2. The first-order chi connectivity index (χ1) is 10.7. The number of thiophene rings is 1. The van der Waals surface area contributed by atoms with Crippen LogP contribution in [0.3, 0.4) is 0 Å². The van der Waals surface area contributed by atoms with Crippen LogP contribution in [0.5, 0.6) is 0 Å². The monoisotopic (exact) mass is 336 g/mol. The predicted octanol–water partition coefficient (Wildman–Crippen LogP) is 3.00. The summed E-state index contributed by atoms with van der Waals surface area (Å²) in [5.74, 6) is 0.926. The van der Waals surface area contributed by atoms with Gasteiger partial charge in [-0.05, 0) is 31.2 Å². The molecule has 1 aliphatic rings. The van der Waals surface area contributed by atoms with Crippen LogP contribution in [0.15, 0.2) is 22.7 Å². The van der Waals surface area contributed by atoms with Crippen molar-refractivity contribution in [1.82, 2.24) is 20.5 Å². The Morgan fingerprint density at radius 2 is 2.36 bits per heavy atom. The van der Waals surface area contributed by atoms with E-state index in [1.165, 1.54) is 29.5 Å². The van der Waals surface area contributed by atoms with Crippen molar-refractivity contribution in [1.29, 1.82) is 0 Å². The van der Waals surface area contributed by atoms with Gasteiger partial charge in [0.1, 0.15) is 5.82 Å². The first-order valence-corrected chi connectivity index (χ1v) is 9.37. The highest BCUT2D eigenvalue weighted by atomic mass is 32.2. The molecule has 3 rings (SSSR count). The second kappa shape index (κ2) is 7.28. The van der Waals surface area contributed by atoms with Crippen molar-refractivity contribution in [3.8, 4) is 0 Å². The third-order valence-corrected chi connectivity index (χ3v) is 5.62. The van der Waals surface area contributed by atoms with Crippen LogP contribution in [0.4, 0.5) is 0 Å². The molecule has 2 N–H and O–H groups in total. The zero-order valence-electron chi connectivity index (χ0n) is 12.5. The van der Waals surface area contributed by atoms with Crippen LogP contribution < -0.4 is 5.32 Å². The van der Waals surface area contributed by atoms with Gasteiger partial charge in [-0.2, -0.15) is 0 Å². The number of nitrogens with zero attached hydrogens (tertiary/aromatic N) is 2. The zero-order valence-corrected chi connectivity index (χ0v) is 14.2. The Hall–Kier alpha value is -1.34. The van der Waals surface area contributed by atoms with Gasteiger partial charge in [0.15, 0.2) is 0 Å². The molecular formula is C15H20N4OS2. The second-order valence-corrected chi connectivity index (χ2v) is 7.91. The fourth-order valence-corrected chi connectivity index (χ4v) is 4.05. The molecule has 2 heterocycles. The molecule has 0 aliphatic heterocycles. The number of aromatic nitrogens is 3. The largest absolute Gasteiger partial charge is 0.352 e. The van der Waals surface area contributed by atoms with E-state index >= 15 is 0 Å². The van der Waals surface area contributed by atoms with Crippen LogP contribution in [0.1, 0.15) is 43.3 Å². The van der Waals surface area contributed by atoms with E-state index in [1.54, 1.807) is 11.3 Å². The summed E-state index contributed by atoms with van der Waals surface area (Å²) < 4.78 is 0. The fraction of sp³-hybridized carbons (Fsp3) is 0.533. The van der Waals surface area contributed by atoms with Crippen LogP contribution in [-0.2, 0) is 11.2 Å². The van der Waals surface area contributed by atoms with Crippen molar-refractivity contribution < 1.29 is 4.79 Å². The van der Waals surface area contributed by atoms with E-state index in [0.717, 1.165) is 25.1 Å². The van der Waals surface area contributed by atoms with Crippen LogP contribution >= 0.6 is 23.1 Å². The number of thioether (sulfide) groups is 1. The normalized spacial score (nSPS) is 16.8. The Morgan fingerprint density at radius 3 is 3.09 bits per heavy atom. The minimum atomic E-state index is -0.175. The minimum absolute atomic E-state index is 0.0847. The summed E-state index contributed by atoms with van der Waals surface area (Å²) in [5, 5.41) is 12.8. The predicted molar refractivity (Wildman–Crippen MR) is 89.2 cm³/mol. The van der Waals surface area contributed by atoms with E-state index in [9.17, 15) is 4.79 Å². The van der Waals surface area contributed by atoms with Crippen molar-refractivity contribution in [3.63, 3.8) is 0 Å². The summed E-state index contributed by atoms with van der Waals surface area (Å²) in [6, 6.07) is 4.47. The molecule has 2 aromatic rings. The van der Waals surface area contributed by atoms with Crippen LogP contribution in [-0.4, -0.2) is 32.4 Å². The third-order valence-electron chi connectivity index (χ3n) is 3.79. The van der Waals surface area contributed by atoms with Crippen molar-refractivity contribution in [2.45, 2.75) is 55.5 Å². The second-order valence-electron chi connectivity index (χ2n) is 5.57. The number of carbonyl (C=O) groups excluding carboxylic acids is 1. The Labute approximate surface area is 138 Å². The number of hydrogen-bond acceptors (Lipinski definition) is 5. The number of aromatic amines is 1. The molecule has 1 unspecified atom stereocenters. The van der Waals surface area contributed by atoms with E-state index in [0.29, 0.717) is 11.2 Å². The number of H-pyrrole nitrogens is 1. The first kappa shape index (κ1) is 15.6. The lowest BCUT2D eigenvalue weighted by Crippen LogP contribution is -2.37. The molecule has 1 aliphatic carbocycles. The van der Waals surface area contributed by atoms with E-state index in [4.69, 9.17) is 0 Å². The number of rotatable bonds is 6. The standard InChI is InChI=1S/C15H20N4OS2/c1-10(14(20)16-11-5-2-3-6-11)22-15-17-13(18-19-15)9-12-7-4-8-21-12/h4,7-8,10-11H,2-3,5-6,9H2,1H3,(H,16,20)(H,17,18,19). The van der Waals surface area contributed by atoms with Crippen LogP contribution in [0.25, 0.3) is 0 Å². The van der Waals surface area contributed by atoms with E-state index in [1.807, 2.05) is 13.0 Å². The molecule has 0 bridgehead atoms. The molecule has 2 aromatic heterocycles. The third kappa shape index (κ3) is 4.10. The smallest absolute Gasteiger partial charge is 0.233 e. The number of nitrogens with one attached hydrogen (secondary N) is 2. The Balaban J connectivity index is 1.51. The molecule has 1 fully saturated rings. The average Bonchev–Trinajstić information content (AvgIpc) is 3.22. The lowest BCUT2D eigenvalue weighted by atomic mass is 10.2. The van der Waals surface area contributed by atoms with Crippen LogP contribution in [0, 0.1) is 0 Å². The summed E-state index contributed by atoms with van der Waals surface area (Å²) in [6.45, 7) is 1.91. The molecule has 0 radical (unpaired) electrons. The number of amides is 1. The highest BCUT2D eigenvalue weighted by Crippen LogP contribution is 2.22. The van der Waals surface area contributed by atoms with Crippen LogP contribution in [0.2, 0.25) is 0 Å². The molecule has 1 saturated carbocycles. The number of carbonyl (C=O) groups is 1. The molecule has 5 nitrogen and oxygen atoms in total. The molecule has 22 heavy (non-hydrogen) atoms. The maximum atomic E-state index is 12.2. The van der Waals surface area contributed by atoms with Crippen molar-refractivity contribution in [2.24, 2.45) is 0 Å². The van der Waals surface area contributed by atoms with Gasteiger partial charge in [-0.3, -0.25) is 9.89 Å². The van der Waals surface area contributed by atoms with Crippen molar-refractivity contribution in [3.05, 3.63) is 28.2 Å². The minimum Gasteiger partial charge on any atom is -0.352 e. The van der Waals surface area contributed by atoms with Crippen molar-refractivity contribution >= 4 is 29.0 Å². The van der Waals surface area contributed by atoms with Gasteiger partial charge in [0, 0.05) is 17.3 Å². The van der Waals surface area contributed by atoms with Crippen molar-refractivity contribution in [2.75, 3.05) is 0 Å². The summed E-state index contributed by atoms with van der Waals surface area (Å²) in [6.07, 6.45) is 5.41. The summed E-state index contributed by atoms with van der Waals surface area (Å²) in [7, 11) is 0. The molecule has 0 aromatic carbocycles. The molecule has 1 atom stereocenters. The molecule has 0 spiro atoms. The summed E-state index contributed by atoms with van der Waals surface area (Å²) in [4.78, 5) is 17.9. The highest BCUT2D eigenvalue weighted by Gasteiger charge is 2.22. The zero-order chi connectivity index (χ0) is 15.4. The maximum Gasteiger partial charge on any atom is 0.233 e. The van der Waals surface area contributed by atoms with Gasteiger partial charge >= 0.3 is 0 Å². The SMILES string of the molecule is CC(Sc1n[nH]c(Cc2cccs2)n1)C(=O)NC1CCCC1. The van der Waals surface area contributed by atoms with Gasteiger partial charge < -0.3 is 5.32 Å². The highest BCUT2D eigenvalue weighted by molar-refractivity contribution is 8.00. The summed E-state index contributed by atoms with van der Waals surface area (Å²) in [5.41, 5.74) is 0. The van der Waals surface area contributed by atoms with Gasteiger partial charge in [0.05, 0.1) is 5.25 Å². The maximum absolute atomic E-state index is 12.2.